The van der Waals surface area contributed by atoms with Gasteiger partial charge in [-0.15, -0.1) is 0 Å². The number of hydrogen-bond donors (Lipinski definition) is 0. The second-order valence-electron chi connectivity index (χ2n) is 5.17. The van der Waals surface area contributed by atoms with Crippen LogP contribution in [0.3, 0.4) is 0 Å². The van der Waals surface area contributed by atoms with Crippen LogP contribution < -0.4 is 0 Å². The summed E-state index contributed by atoms with van der Waals surface area (Å²) >= 11 is 0. The molecule has 0 amide bonds. The van der Waals surface area contributed by atoms with Crippen LogP contribution in [0.4, 0.5) is 0 Å². The van der Waals surface area contributed by atoms with Crippen molar-refractivity contribution in [2.75, 3.05) is 19.6 Å². The molecule has 0 aromatic rings. The minimum Gasteiger partial charge on any atom is -0.298 e. The Bertz CT molecular complexity index is 177. The van der Waals surface area contributed by atoms with Crippen molar-refractivity contribution in [1.82, 2.24) is 9.80 Å². The molecule has 2 aliphatic rings. The van der Waals surface area contributed by atoms with E-state index in [1.807, 2.05) is 0 Å². The Morgan fingerprint density at radius 2 is 1.71 bits per heavy atom. The van der Waals surface area contributed by atoms with E-state index in [2.05, 4.69) is 30.6 Å². The maximum atomic E-state index is 2.76. The van der Waals surface area contributed by atoms with Gasteiger partial charge in [0.1, 0.15) is 0 Å². The van der Waals surface area contributed by atoms with Crippen LogP contribution in [-0.4, -0.2) is 47.6 Å². The van der Waals surface area contributed by atoms with Gasteiger partial charge in [0.2, 0.25) is 0 Å². The number of fused-ring (bicyclic) bond motifs is 2. The SMILES string of the molecule is CCCN1[C@@H]2CC[C@H]1CN(C(C)C)C2. The lowest BCUT2D eigenvalue weighted by Gasteiger charge is -2.42. The third kappa shape index (κ3) is 1.82. The maximum Gasteiger partial charge on any atom is 0.0227 e. The highest BCUT2D eigenvalue weighted by Crippen LogP contribution is 2.30. The third-order valence-corrected chi connectivity index (χ3v) is 3.87. The van der Waals surface area contributed by atoms with E-state index in [0.717, 1.165) is 18.1 Å². The second kappa shape index (κ2) is 4.19. The van der Waals surface area contributed by atoms with Crippen molar-refractivity contribution in [3.8, 4) is 0 Å². The van der Waals surface area contributed by atoms with Gasteiger partial charge in [-0.05, 0) is 39.7 Å². The van der Waals surface area contributed by atoms with E-state index in [0.29, 0.717) is 0 Å². The molecule has 2 atom stereocenters. The van der Waals surface area contributed by atoms with Crippen LogP contribution in [0.25, 0.3) is 0 Å². The van der Waals surface area contributed by atoms with Gasteiger partial charge in [-0.2, -0.15) is 0 Å². The monoisotopic (exact) mass is 196 g/mol. The molecule has 2 aliphatic heterocycles. The molecule has 2 bridgehead atoms. The molecule has 0 spiro atoms. The maximum absolute atomic E-state index is 2.76. The van der Waals surface area contributed by atoms with Crippen LogP contribution in [0.1, 0.15) is 40.0 Å². The first-order chi connectivity index (χ1) is 6.72. The summed E-state index contributed by atoms with van der Waals surface area (Å²) in [5, 5.41) is 0. The molecule has 0 aromatic carbocycles. The highest BCUT2D eigenvalue weighted by Gasteiger charge is 2.39. The number of likely N-dealkylation sites (tertiary alicyclic amines) is 1. The average Bonchev–Trinajstić information content (AvgIpc) is 2.40. The molecular formula is C12H24N2. The van der Waals surface area contributed by atoms with Crippen LogP contribution in [-0.2, 0) is 0 Å². The van der Waals surface area contributed by atoms with Crippen molar-refractivity contribution in [2.24, 2.45) is 0 Å². The van der Waals surface area contributed by atoms with E-state index in [9.17, 15) is 0 Å². The molecule has 2 fully saturated rings. The first-order valence-corrected chi connectivity index (χ1v) is 6.22. The zero-order chi connectivity index (χ0) is 10.1. The number of piperazine rings is 1. The van der Waals surface area contributed by atoms with Crippen LogP contribution in [0.15, 0.2) is 0 Å². The fourth-order valence-electron chi connectivity index (χ4n) is 3.07. The molecule has 0 N–H and O–H groups in total. The summed E-state index contributed by atoms with van der Waals surface area (Å²) in [5.74, 6) is 0. The van der Waals surface area contributed by atoms with E-state index in [4.69, 9.17) is 0 Å². The first-order valence-electron chi connectivity index (χ1n) is 6.22. The van der Waals surface area contributed by atoms with E-state index >= 15 is 0 Å². The van der Waals surface area contributed by atoms with Gasteiger partial charge < -0.3 is 0 Å². The molecule has 2 nitrogen and oxygen atoms in total. The minimum absolute atomic E-state index is 0.738. The third-order valence-electron chi connectivity index (χ3n) is 3.87. The van der Waals surface area contributed by atoms with Crippen molar-refractivity contribution in [1.29, 1.82) is 0 Å². The number of hydrogen-bond acceptors (Lipinski definition) is 2. The largest absolute Gasteiger partial charge is 0.298 e. The number of rotatable bonds is 3. The summed E-state index contributed by atoms with van der Waals surface area (Å²) in [4.78, 5) is 5.42. The predicted molar refractivity (Wildman–Crippen MR) is 60.5 cm³/mol. The van der Waals surface area contributed by atoms with Crippen LogP contribution >= 0.6 is 0 Å². The minimum atomic E-state index is 0.738. The van der Waals surface area contributed by atoms with Crippen molar-refractivity contribution in [2.45, 2.75) is 58.2 Å². The van der Waals surface area contributed by atoms with Crippen molar-refractivity contribution < 1.29 is 0 Å². The molecule has 2 rings (SSSR count). The normalized spacial score (nSPS) is 34.3. The van der Waals surface area contributed by atoms with E-state index in [1.54, 1.807) is 0 Å². The molecule has 2 heteroatoms. The van der Waals surface area contributed by atoms with Crippen LogP contribution in [0, 0.1) is 0 Å². The summed E-state index contributed by atoms with van der Waals surface area (Å²) in [5.41, 5.74) is 0. The standard InChI is InChI=1S/C12H24N2/c1-4-7-14-11-5-6-12(14)9-13(8-11)10(2)3/h10-12H,4-9H2,1-3H3/t11-,12+. The second-order valence-corrected chi connectivity index (χ2v) is 5.17. The average molecular weight is 196 g/mol. The Morgan fingerprint density at radius 1 is 1.14 bits per heavy atom. The highest BCUT2D eigenvalue weighted by atomic mass is 15.3. The molecular weight excluding hydrogens is 172 g/mol. The van der Waals surface area contributed by atoms with Gasteiger partial charge in [0.05, 0.1) is 0 Å². The first kappa shape index (κ1) is 10.4. The Labute approximate surface area is 88.3 Å². The molecule has 0 aromatic heterocycles. The molecule has 82 valence electrons. The Hall–Kier alpha value is -0.0800. The van der Waals surface area contributed by atoms with Gasteiger partial charge in [-0.3, -0.25) is 9.80 Å². The summed E-state index contributed by atoms with van der Waals surface area (Å²) in [6.07, 6.45) is 4.19. The van der Waals surface area contributed by atoms with Crippen molar-refractivity contribution in [3.63, 3.8) is 0 Å². The Balaban J connectivity index is 1.97. The topological polar surface area (TPSA) is 6.48 Å². The molecule has 2 heterocycles. The van der Waals surface area contributed by atoms with Gasteiger partial charge in [0, 0.05) is 31.2 Å². The van der Waals surface area contributed by atoms with Gasteiger partial charge in [-0.1, -0.05) is 6.92 Å². The van der Waals surface area contributed by atoms with E-state index in [1.165, 1.54) is 38.9 Å². The lowest BCUT2D eigenvalue weighted by Crippen LogP contribution is -2.55. The smallest absolute Gasteiger partial charge is 0.0227 e. The van der Waals surface area contributed by atoms with Gasteiger partial charge in [0.15, 0.2) is 0 Å². The van der Waals surface area contributed by atoms with Crippen molar-refractivity contribution >= 4 is 0 Å². The van der Waals surface area contributed by atoms with Gasteiger partial charge in [0.25, 0.3) is 0 Å². The van der Waals surface area contributed by atoms with E-state index < -0.39 is 0 Å². The fourth-order valence-corrected chi connectivity index (χ4v) is 3.07. The zero-order valence-electron chi connectivity index (χ0n) is 9.87. The molecule has 2 saturated heterocycles. The quantitative estimate of drug-likeness (QED) is 0.681. The molecule has 0 saturated carbocycles. The highest BCUT2D eigenvalue weighted by molar-refractivity contribution is 4.96. The number of nitrogens with zero attached hydrogens (tertiary/aromatic N) is 2. The molecule has 14 heavy (non-hydrogen) atoms. The lowest BCUT2D eigenvalue weighted by molar-refractivity contribution is 0.0497. The molecule has 0 aliphatic carbocycles. The molecule has 0 unspecified atom stereocenters. The van der Waals surface area contributed by atoms with Gasteiger partial charge >= 0.3 is 0 Å². The Morgan fingerprint density at radius 3 is 2.14 bits per heavy atom. The molecule has 0 radical (unpaired) electrons. The van der Waals surface area contributed by atoms with Crippen LogP contribution in [0.2, 0.25) is 0 Å². The predicted octanol–water partition coefficient (Wildman–Crippen LogP) is 1.95. The summed E-state index contributed by atoms with van der Waals surface area (Å²) < 4.78 is 0. The summed E-state index contributed by atoms with van der Waals surface area (Å²) in [6, 6.07) is 2.48. The Kier molecular flexibility index (Phi) is 3.13. The summed E-state index contributed by atoms with van der Waals surface area (Å²) in [7, 11) is 0. The van der Waals surface area contributed by atoms with Gasteiger partial charge in [-0.25, -0.2) is 0 Å². The zero-order valence-corrected chi connectivity index (χ0v) is 9.87. The van der Waals surface area contributed by atoms with E-state index in [-0.39, 0.29) is 0 Å². The fraction of sp³-hybridized carbons (Fsp3) is 1.00. The lowest BCUT2D eigenvalue weighted by atomic mass is 10.1. The van der Waals surface area contributed by atoms with Crippen molar-refractivity contribution in [3.05, 3.63) is 0 Å². The summed E-state index contributed by atoms with van der Waals surface area (Å²) in [6.45, 7) is 10.9. The van der Waals surface area contributed by atoms with Crippen LogP contribution in [0.5, 0.6) is 0 Å².